The Hall–Kier alpha value is -2.47. The summed E-state index contributed by atoms with van der Waals surface area (Å²) in [4.78, 5) is 12.1. The van der Waals surface area contributed by atoms with Gasteiger partial charge < -0.3 is 14.2 Å². The van der Waals surface area contributed by atoms with E-state index in [2.05, 4.69) is 4.18 Å². The fraction of sp³-hybridized carbons (Fsp3) is 0.350. The predicted molar refractivity (Wildman–Crippen MR) is 101 cm³/mol. The van der Waals surface area contributed by atoms with Crippen molar-refractivity contribution in [1.29, 1.82) is 0 Å². The molecule has 1 aliphatic heterocycles. The van der Waals surface area contributed by atoms with Gasteiger partial charge in [-0.05, 0) is 11.1 Å². The van der Waals surface area contributed by atoms with Gasteiger partial charge >= 0.3 is 21.6 Å². The van der Waals surface area contributed by atoms with E-state index in [4.69, 9.17) is 14.2 Å². The minimum absolute atomic E-state index is 0.108. The van der Waals surface area contributed by atoms with E-state index < -0.39 is 39.9 Å². The van der Waals surface area contributed by atoms with Crippen LogP contribution in [0.4, 0.5) is 13.2 Å². The van der Waals surface area contributed by atoms with Gasteiger partial charge in [-0.3, -0.25) is 0 Å². The first-order valence-corrected chi connectivity index (χ1v) is 10.6. The molecule has 168 valence electrons. The van der Waals surface area contributed by atoms with Crippen LogP contribution in [0.25, 0.3) is 0 Å². The third kappa shape index (κ3) is 6.03. The van der Waals surface area contributed by atoms with Crippen molar-refractivity contribution in [2.24, 2.45) is 0 Å². The van der Waals surface area contributed by atoms with Crippen molar-refractivity contribution >= 4 is 16.1 Å². The highest BCUT2D eigenvalue weighted by molar-refractivity contribution is 7.87. The normalized spacial score (nSPS) is 21.8. The zero-order chi connectivity index (χ0) is 22.5. The maximum atomic E-state index is 12.7. The number of carbonyl (C=O) groups is 1. The summed E-state index contributed by atoms with van der Waals surface area (Å²) in [5, 5.41) is 0. The number of cyclic esters (lactones) is 1. The first-order chi connectivity index (χ1) is 14.7. The van der Waals surface area contributed by atoms with Crippen LogP contribution in [-0.2, 0) is 46.5 Å². The fourth-order valence-corrected chi connectivity index (χ4v) is 3.43. The molecule has 0 aromatic heterocycles. The SMILES string of the molecule is O=C1O[C@H](COCc2ccccc2)[C@H](OCc2ccccc2)[C@H]1OS(=O)(=O)C(F)(F)F. The van der Waals surface area contributed by atoms with Crippen molar-refractivity contribution in [2.45, 2.75) is 37.0 Å². The van der Waals surface area contributed by atoms with Crippen LogP contribution in [0.1, 0.15) is 11.1 Å². The van der Waals surface area contributed by atoms with E-state index in [1.165, 1.54) is 0 Å². The Morgan fingerprint density at radius 2 is 1.45 bits per heavy atom. The minimum Gasteiger partial charge on any atom is -0.455 e. The summed E-state index contributed by atoms with van der Waals surface area (Å²) in [7, 11) is -6.04. The van der Waals surface area contributed by atoms with E-state index in [0.717, 1.165) is 5.56 Å². The average molecular weight is 460 g/mol. The molecule has 31 heavy (non-hydrogen) atoms. The zero-order valence-corrected chi connectivity index (χ0v) is 16.8. The highest BCUT2D eigenvalue weighted by atomic mass is 32.2. The van der Waals surface area contributed by atoms with Crippen LogP contribution in [0.2, 0.25) is 0 Å². The fourth-order valence-electron chi connectivity index (χ4n) is 2.85. The quantitative estimate of drug-likeness (QED) is 0.323. The highest BCUT2D eigenvalue weighted by Gasteiger charge is 2.55. The second-order valence-electron chi connectivity index (χ2n) is 6.65. The molecule has 1 saturated heterocycles. The predicted octanol–water partition coefficient (Wildman–Crippen LogP) is 2.95. The Morgan fingerprint density at radius 3 is 2.00 bits per heavy atom. The number of esters is 1. The summed E-state index contributed by atoms with van der Waals surface area (Å²) in [5.41, 5.74) is -4.22. The summed E-state index contributed by atoms with van der Waals surface area (Å²) in [6, 6.07) is 17.6. The zero-order valence-electron chi connectivity index (χ0n) is 16.0. The van der Waals surface area contributed by atoms with Crippen molar-refractivity contribution in [3.05, 3.63) is 71.8 Å². The van der Waals surface area contributed by atoms with Gasteiger partial charge in [0.05, 0.1) is 19.8 Å². The van der Waals surface area contributed by atoms with Crippen LogP contribution < -0.4 is 0 Å². The van der Waals surface area contributed by atoms with Gasteiger partial charge in [0.25, 0.3) is 0 Å². The van der Waals surface area contributed by atoms with Crippen LogP contribution in [0, 0.1) is 0 Å². The maximum absolute atomic E-state index is 12.7. The molecule has 0 saturated carbocycles. The molecule has 0 N–H and O–H groups in total. The van der Waals surface area contributed by atoms with Gasteiger partial charge in [0.15, 0.2) is 6.10 Å². The topological polar surface area (TPSA) is 88.1 Å². The standard InChI is InChI=1S/C20H19F3O7S/c21-20(22,23)31(25,26)30-18-17(28-12-15-9-5-2-6-10-15)16(29-19(18)24)13-27-11-14-7-3-1-4-8-14/h1-10,16-18H,11-13H2/t16-,17+,18-/m1/s1. The Morgan fingerprint density at radius 1 is 0.903 bits per heavy atom. The van der Waals surface area contributed by atoms with Crippen molar-refractivity contribution < 1.29 is 44.8 Å². The van der Waals surface area contributed by atoms with Gasteiger partial charge in [-0.1, -0.05) is 60.7 Å². The molecule has 0 unspecified atom stereocenters. The number of alkyl halides is 3. The molecule has 3 rings (SSSR count). The van der Waals surface area contributed by atoms with Crippen LogP contribution in [0.15, 0.2) is 60.7 Å². The molecule has 11 heteroatoms. The van der Waals surface area contributed by atoms with Crippen LogP contribution in [-0.4, -0.2) is 44.8 Å². The lowest BCUT2D eigenvalue weighted by atomic mass is 10.1. The summed E-state index contributed by atoms with van der Waals surface area (Å²) in [6.07, 6.45) is -4.70. The lowest BCUT2D eigenvalue weighted by Crippen LogP contribution is -2.41. The van der Waals surface area contributed by atoms with Gasteiger partial charge in [0.2, 0.25) is 6.10 Å². The number of ether oxygens (including phenoxy) is 3. The molecule has 0 radical (unpaired) electrons. The molecule has 0 amide bonds. The molecule has 1 heterocycles. The summed E-state index contributed by atoms with van der Waals surface area (Å²) < 4.78 is 81.4. The number of benzene rings is 2. The second-order valence-corrected chi connectivity index (χ2v) is 8.22. The van der Waals surface area contributed by atoms with E-state index in [1.807, 2.05) is 6.07 Å². The van der Waals surface area contributed by atoms with E-state index in [1.54, 1.807) is 54.6 Å². The van der Waals surface area contributed by atoms with Gasteiger partial charge in [0, 0.05) is 0 Å². The van der Waals surface area contributed by atoms with Crippen LogP contribution in [0.3, 0.4) is 0 Å². The first kappa shape index (κ1) is 23.2. The molecular formula is C20H19F3O7S. The van der Waals surface area contributed by atoms with E-state index in [0.29, 0.717) is 5.56 Å². The molecule has 0 aliphatic carbocycles. The largest absolute Gasteiger partial charge is 0.523 e. The third-order valence-electron chi connectivity index (χ3n) is 4.36. The molecule has 1 fully saturated rings. The minimum atomic E-state index is -6.04. The Kier molecular flexibility index (Phi) is 7.31. The molecule has 0 bridgehead atoms. The average Bonchev–Trinajstić information content (AvgIpc) is 3.01. The molecular weight excluding hydrogens is 441 g/mol. The Bertz CT molecular complexity index is 965. The lowest BCUT2D eigenvalue weighted by Gasteiger charge is -2.22. The van der Waals surface area contributed by atoms with Gasteiger partial charge in [-0.15, -0.1) is 0 Å². The summed E-state index contributed by atoms with van der Waals surface area (Å²) >= 11 is 0. The molecule has 3 atom stereocenters. The molecule has 2 aromatic carbocycles. The van der Waals surface area contributed by atoms with E-state index >= 15 is 0 Å². The Labute approximate surface area is 176 Å². The van der Waals surface area contributed by atoms with Gasteiger partial charge in [-0.25, -0.2) is 8.98 Å². The van der Waals surface area contributed by atoms with Gasteiger partial charge in [-0.2, -0.15) is 21.6 Å². The highest BCUT2D eigenvalue weighted by Crippen LogP contribution is 2.31. The van der Waals surface area contributed by atoms with Crippen molar-refractivity contribution in [2.75, 3.05) is 6.61 Å². The van der Waals surface area contributed by atoms with Crippen molar-refractivity contribution in [3.8, 4) is 0 Å². The molecule has 0 spiro atoms. The van der Waals surface area contributed by atoms with Crippen molar-refractivity contribution in [1.82, 2.24) is 0 Å². The van der Waals surface area contributed by atoms with Crippen LogP contribution in [0.5, 0.6) is 0 Å². The number of halogens is 3. The third-order valence-corrected chi connectivity index (χ3v) is 5.39. The summed E-state index contributed by atoms with van der Waals surface area (Å²) in [5.74, 6) is -1.28. The molecule has 7 nitrogen and oxygen atoms in total. The van der Waals surface area contributed by atoms with E-state index in [-0.39, 0.29) is 19.8 Å². The molecule has 2 aromatic rings. The lowest BCUT2D eigenvalue weighted by molar-refractivity contribution is -0.148. The number of carbonyl (C=O) groups excluding carboxylic acids is 1. The number of hydrogen-bond acceptors (Lipinski definition) is 7. The Balaban J connectivity index is 1.72. The summed E-state index contributed by atoms with van der Waals surface area (Å²) in [6.45, 7) is -0.193. The smallest absolute Gasteiger partial charge is 0.455 e. The van der Waals surface area contributed by atoms with Gasteiger partial charge in [0.1, 0.15) is 6.10 Å². The van der Waals surface area contributed by atoms with Crippen molar-refractivity contribution in [3.63, 3.8) is 0 Å². The molecule has 1 aliphatic rings. The maximum Gasteiger partial charge on any atom is 0.523 e. The number of hydrogen-bond donors (Lipinski definition) is 0. The number of rotatable bonds is 9. The monoisotopic (exact) mass is 460 g/mol. The van der Waals surface area contributed by atoms with Crippen LogP contribution >= 0.6 is 0 Å². The van der Waals surface area contributed by atoms with E-state index in [9.17, 15) is 26.4 Å². The second kappa shape index (κ2) is 9.77. The first-order valence-electron chi connectivity index (χ1n) is 9.14.